The van der Waals surface area contributed by atoms with E-state index in [1.807, 2.05) is 13.8 Å². The second-order valence-electron chi connectivity index (χ2n) is 18.2. The number of benzene rings is 2. The molecule has 0 unspecified atom stereocenters. The maximum Gasteiger partial charge on any atom is 0.261 e. The summed E-state index contributed by atoms with van der Waals surface area (Å²) in [5.41, 5.74) is 0. The number of hydrogen-bond acceptors (Lipinski definition) is 5. The standard InChI is InChI=1S/C43H76O5Si3/c1-17-50(18-2,19-3)48-41(34(7)39(45)30-38(44)32(4)5)35(8)40(47-49(15,16)42(9,10)11)33(6)31-46-51(43(12,13)14,36-26-22-20-23-27-36)37-28-24-21-25-29-37/h20-29,32-35,39-41,45H,17-19,30-31H2,1-16H3/t33-,34+,35+,39-,40+,41-/m1/s1. The highest BCUT2D eigenvalue weighted by Gasteiger charge is 2.52. The predicted octanol–water partition coefficient (Wildman–Crippen LogP) is 10.2. The van der Waals surface area contributed by atoms with Gasteiger partial charge in [-0.1, -0.05) is 158 Å². The topological polar surface area (TPSA) is 65.0 Å². The number of Topliss-reactive ketones (excluding diaryl/α,β-unsaturated/α-hetero) is 1. The second-order valence-corrected chi connectivity index (χ2v) is 32.0. The van der Waals surface area contributed by atoms with Crippen molar-refractivity contribution in [3.05, 3.63) is 60.7 Å². The Labute approximate surface area is 317 Å². The Balaban J connectivity index is 2.74. The van der Waals surface area contributed by atoms with Crippen LogP contribution in [0, 0.1) is 23.7 Å². The van der Waals surface area contributed by atoms with Gasteiger partial charge >= 0.3 is 0 Å². The fourth-order valence-electron chi connectivity index (χ4n) is 7.39. The average molecular weight is 757 g/mol. The van der Waals surface area contributed by atoms with E-state index in [1.54, 1.807) is 0 Å². The van der Waals surface area contributed by atoms with E-state index in [-0.39, 0.29) is 58.2 Å². The van der Waals surface area contributed by atoms with Crippen LogP contribution in [-0.2, 0) is 18.1 Å². The van der Waals surface area contributed by atoms with Gasteiger partial charge in [-0.2, -0.15) is 0 Å². The number of rotatable bonds is 20. The molecule has 0 amide bonds. The van der Waals surface area contributed by atoms with Crippen molar-refractivity contribution in [1.29, 1.82) is 0 Å². The van der Waals surface area contributed by atoms with Gasteiger partial charge in [0.1, 0.15) is 5.78 Å². The van der Waals surface area contributed by atoms with Crippen LogP contribution in [-0.4, -0.2) is 60.8 Å². The maximum atomic E-state index is 12.9. The van der Waals surface area contributed by atoms with E-state index >= 15 is 0 Å². The van der Waals surface area contributed by atoms with Crippen molar-refractivity contribution in [3.8, 4) is 0 Å². The Morgan fingerprint density at radius 1 is 0.686 bits per heavy atom. The molecule has 6 atom stereocenters. The van der Waals surface area contributed by atoms with E-state index in [0.29, 0.717) is 6.61 Å². The van der Waals surface area contributed by atoms with Crippen LogP contribution in [0.5, 0.6) is 0 Å². The van der Waals surface area contributed by atoms with Crippen LogP contribution < -0.4 is 10.4 Å². The molecule has 0 fully saturated rings. The monoisotopic (exact) mass is 757 g/mol. The van der Waals surface area contributed by atoms with Crippen LogP contribution in [0.4, 0.5) is 0 Å². The largest absolute Gasteiger partial charge is 0.413 e. The van der Waals surface area contributed by atoms with E-state index in [9.17, 15) is 9.90 Å². The van der Waals surface area contributed by atoms with Gasteiger partial charge in [-0.3, -0.25) is 4.79 Å². The quantitative estimate of drug-likeness (QED) is 0.136. The third kappa shape index (κ3) is 11.1. The fourth-order valence-corrected chi connectivity index (χ4v) is 16.5. The Bertz CT molecular complexity index is 1270. The summed E-state index contributed by atoms with van der Waals surface area (Å²) in [4.78, 5) is 12.9. The summed E-state index contributed by atoms with van der Waals surface area (Å²) in [5, 5.41) is 14.1. The van der Waals surface area contributed by atoms with Crippen LogP contribution in [0.1, 0.15) is 103 Å². The minimum absolute atomic E-state index is 0.00345. The number of aliphatic hydroxyl groups is 1. The van der Waals surface area contributed by atoms with Crippen molar-refractivity contribution >= 4 is 41.1 Å². The molecule has 2 aromatic carbocycles. The number of aliphatic hydroxyl groups excluding tert-OH is 1. The molecule has 0 aliphatic rings. The molecule has 8 heteroatoms. The molecule has 0 saturated heterocycles. The molecule has 0 spiro atoms. The van der Waals surface area contributed by atoms with Crippen LogP contribution in [0.15, 0.2) is 60.7 Å². The number of carbonyl (C=O) groups excluding carboxylic acids is 1. The normalized spacial score (nSPS) is 17.1. The third-order valence-corrected chi connectivity index (χ3v) is 26.4. The first-order valence-electron chi connectivity index (χ1n) is 19.9. The molecule has 1 N–H and O–H groups in total. The fraction of sp³-hybridized carbons (Fsp3) is 0.698. The summed E-state index contributed by atoms with van der Waals surface area (Å²) in [6, 6.07) is 24.7. The Hall–Kier alpha value is -1.40. The third-order valence-electron chi connectivity index (χ3n) is 12.3. The Morgan fingerprint density at radius 2 is 1.14 bits per heavy atom. The summed E-state index contributed by atoms with van der Waals surface area (Å²) < 4.78 is 22.4. The lowest BCUT2D eigenvalue weighted by Crippen LogP contribution is -2.67. The molecule has 5 nitrogen and oxygen atoms in total. The smallest absolute Gasteiger partial charge is 0.261 e. The zero-order valence-electron chi connectivity index (χ0n) is 35.4. The van der Waals surface area contributed by atoms with Gasteiger partial charge in [-0.05, 0) is 51.7 Å². The summed E-state index contributed by atoms with van der Waals surface area (Å²) in [6.07, 6.45) is -1.09. The highest BCUT2D eigenvalue weighted by molar-refractivity contribution is 6.99. The van der Waals surface area contributed by atoms with Crippen molar-refractivity contribution in [2.75, 3.05) is 6.61 Å². The molecule has 290 valence electrons. The molecule has 0 bridgehead atoms. The van der Waals surface area contributed by atoms with Crippen molar-refractivity contribution in [2.24, 2.45) is 23.7 Å². The van der Waals surface area contributed by atoms with Gasteiger partial charge in [-0.25, -0.2) is 0 Å². The summed E-state index contributed by atoms with van der Waals surface area (Å²) in [5.74, 6) is -0.287. The molecule has 0 aromatic heterocycles. The molecule has 2 aromatic rings. The molecule has 2 rings (SSSR count). The molecule has 51 heavy (non-hydrogen) atoms. The van der Waals surface area contributed by atoms with Crippen LogP contribution in [0.25, 0.3) is 0 Å². The summed E-state index contributed by atoms with van der Waals surface area (Å²) >= 11 is 0. The number of ketones is 1. The van der Waals surface area contributed by atoms with E-state index in [4.69, 9.17) is 13.3 Å². The summed E-state index contributed by atoms with van der Waals surface area (Å²) in [6.45, 7) is 36.3. The van der Waals surface area contributed by atoms with Crippen molar-refractivity contribution in [2.45, 2.75) is 163 Å². The molecule has 0 radical (unpaired) electrons. The first kappa shape index (κ1) is 45.8. The van der Waals surface area contributed by atoms with Crippen LogP contribution >= 0.6 is 0 Å². The van der Waals surface area contributed by atoms with Gasteiger partial charge < -0.3 is 18.4 Å². The van der Waals surface area contributed by atoms with E-state index < -0.39 is 31.1 Å². The zero-order chi connectivity index (χ0) is 39.0. The lowest BCUT2D eigenvalue weighted by atomic mass is 9.81. The van der Waals surface area contributed by atoms with Crippen LogP contribution in [0.2, 0.25) is 41.3 Å². The Morgan fingerprint density at radius 3 is 1.51 bits per heavy atom. The number of hydrogen-bond donors (Lipinski definition) is 1. The van der Waals surface area contributed by atoms with Gasteiger partial charge in [-0.15, -0.1) is 0 Å². The van der Waals surface area contributed by atoms with Crippen molar-refractivity contribution < 1.29 is 23.2 Å². The molecular weight excluding hydrogens is 681 g/mol. The van der Waals surface area contributed by atoms with E-state index in [2.05, 4.69) is 157 Å². The van der Waals surface area contributed by atoms with Gasteiger partial charge in [0.25, 0.3) is 8.32 Å². The van der Waals surface area contributed by atoms with Gasteiger partial charge in [0.15, 0.2) is 16.6 Å². The van der Waals surface area contributed by atoms with E-state index in [1.165, 1.54) is 10.4 Å². The maximum absolute atomic E-state index is 12.9. The van der Waals surface area contributed by atoms with Gasteiger partial charge in [0, 0.05) is 36.7 Å². The first-order valence-corrected chi connectivity index (χ1v) is 27.2. The van der Waals surface area contributed by atoms with Crippen molar-refractivity contribution in [3.63, 3.8) is 0 Å². The molecule has 0 heterocycles. The predicted molar refractivity (Wildman–Crippen MR) is 226 cm³/mol. The lowest BCUT2D eigenvalue weighted by molar-refractivity contribution is -0.125. The first-order chi connectivity index (χ1) is 23.5. The molecule has 0 aliphatic carbocycles. The minimum Gasteiger partial charge on any atom is -0.413 e. The average Bonchev–Trinajstić information content (AvgIpc) is 3.07. The Kier molecular flexibility index (Phi) is 16.8. The minimum atomic E-state index is -2.79. The molecule has 0 saturated carbocycles. The SMILES string of the molecule is CC[Si](CC)(CC)O[C@@H]([C@@H](C)[C@@H](O[Si](C)(C)C(C)(C)C)[C@H](C)CO[Si](c1ccccc1)(c1ccccc1)C(C)(C)C)[C@@H](C)[C@H](O)CC(=O)C(C)C. The van der Waals surface area contributed by atoms with Crippen LogP contribution in [0.3, 0.4) is 0 Å². The number of carbonyl (C=O) groups is 1. The van der Waals surface area contributed by atoms with E-state index in [0.717, 1.165) is 18.1 Å². The highest BCUT2D eigenvalue weighted by atomic mass is 28.4. The lowest BCUT2D eigenvalue weighted by Gasteiger charge is -2.48. The molecular formula is C43H76O5Si3. The highest BCUT2D eigenvalue weighted by Crippen LogP contribution is 2.43. The van der Waals surface area contributed by atoms with Gasteiger partial charge in [0.2, 0.25) is 0 Å². The second kappa shape index (κ2) is 18.8. The van der Waals surface area contributed by atoms with Crippen molar-refractivity contribution in [1.82, 2.24) is 0 Å². The molecule has 0 aliphatic heterocycles. The zero-order valence-corrected chi connectivity index (χ0v) is 38.4. The van der Waals surface area contributed by atoms with Gasteiger partial charge in [0.05, 0.1) is 18.3 Å². The summed E-state index contributed by atoms with van der Waals surface area (Å²) in [7, 11) is -7.17.